The van der Waals surface area contributed by atoms with Crippen LogP contribution in [0.2, 0.25) is 0 Å². The maximum Gasteiger partial charge on any atom is 0.0298 e. The second kappa shape index (κ2) is 6.46. The first-order valence-electron chi connectivity index (χ1n) is 9.90. The molecule has 0 aliphatic heterocycles. The molecule has 8 saturated carbocycles. The number of hydrogen-bond donors (Lipinski definition) is 0. The van der Waals surface area contributed by atoms with Gasteiger partial charge in [-0.3, -0.25) is 0 Å². The van der Waals surface area contributed by atoms with Gasteiger partial charge in [-0.2, -0.15) is 0 Å². The lowest BCUT2D eigenvalue weighted by atomic mass is 9.56. The van der Waals surface area contributed by atoms with Crippen molar-refractivity contribution < 1.29 is 0 Å². The van der Waals surface area contributed by atoms with E-state index in [9.17, 15) is 0 Å². The van der Waals surface area contributed by atoms with E-state index in [-0.39, 0.29) is 7.43 Å². The highest BCUT2D eigenvalue weighted by Crippen LogP contribution is 2.70. The lowest BCUT2D eigenvalue weighted by Gasteiger charge is -2.64. The van der Waals surface area contributed by atoms with E-state index in [0.29, 0.717) is 17.3 Å². The van der Waals surface area contributed by atoms with Crippen molar-refractivity contribution in [3.63, 3.8) is 0 Å². The van der Waals surface area contributed by atoms with Crippen LogP contribution in [0.1, 0.15) is 84.5 Å². The van der Waals surface area contributed by atoms with Crippen molar-refractivity contribution in [2.24, 2.45) is 23.7 Å². The average Bonchev–Trinajstić information content (AvgIpc) is 2.29. The van der Waals surface area contributed by atoms with E-state index < -0.39 is 0 Å². The van der Waals surface area contributed by atoms with Gasteiger partial charge in [0.1, 0.15) is 0 Å². The third-order valence-corrected chi connectivity index (χ3v) is 11.2. The van der Waals surface area contributed by atoms with E-state index >= 15 is 0 Å². The Labute approximate surface area is 187 Å². The molecular weight excluding hydrogens is 572 g/mol. The third kappa shape index (κ3) is 3.87. The van der Waals surface area contributed by atoms with E-state index in [1.807, 2.05) is 0 Å². The smallest absolute Gasteiger partial charge is 0.0298 e. The molecule has 25 heavy (non-hydrogen) atoms. The predicted molar refractivity (Wildman–Crippen MR) is 123 cm³/mol. The summed E-state index contributed by atoms with van der Waals surface area (Å²) in [6.07, 6.45) is 17.3. The van der Waals surface area contributed by atoms with Crippen LogP contribution in [0.4, 0.5) is 0 Å². The Morgan fingerprint density at radius 3 is 0.720 bits per heavy atom. The fourth-order valence-corrected chi connectivity index (χ4v) is 16.8. The highest BCUT2D eigenvalue weighted by Gasteiger charge is 2.65. The van der Waals surface area contributed by atoms with Crippen molar-refractivity contribution in [1.29, 1.82) is 0 Å². The van der Waals surface area contributed by atoms with Crippen LogP contribution in [0.3, 0.4) is 0 Å². The summed E-state index contributed by atoms with van der Waals surface area (Å²) in [5.41, 5.74) is 0. The summed E-state index contributed by atoms with van der Waals surface area (Å²) in [5.74, 6) is 4.71. The highest BCUT2D eigenvalue weighted by atomic mass is 79.9. The van der Waals surface area contributed by atoms with Gasteiger partial charge in [-0.1, -0.05) is 71.1 Å². The van der Waals surface area contributed by atoms with Crippen LogP contribution in [0.5, 0.6) is 0 Å². The largest absolute Gasteiger partial charge is 0.0852 e. The van der Waals surface area contributed by atoms with Gasteiger partial charge in [-0.15, -0.1) is 0 Å². The minimum absolute atomic E-state index is 0. The molecule has 8 fully saturated rings. The first-order valence-corrected chi connectivity index (χ1v) is 13.1. The summed E-state index contributed by atoms with van der Waals surface area (Å²) in [4.78, 5) is 0. The van der Waals surface area contributed by atoms with Crippen LogP contribution < -0.4 is 0 Å². The Morgan fingerprint density at radius 1 is 0.400 bits per heavy atom. The summed E-state index contributed by atoms with van der Waals surface area (Å²) >= 11 is 15.9. The van der Waals surface area contributed by atoms with Gasteiger partial charge >= 0.3 is 0 Å². The zero-order chi connectivity index (χ0) is 16.8. The van der Waals surface area contributed by atoms with E-state index in [2.05, 4.69) is 63.7 Å². The maximum absolute atomic E-state index is 3.97. The minimum atomic E-state index is 0. The fraction of sp³-hybridized carbons (Fsp3) is 1.00. The Hall–Kier alpha value is 1.92. The molecule has 0 heterocycles. The lowest BCUT2D eigenvalue weighted by molar-refractivity contribution is 0.0198. The standard InChI is InChI=1S/C10H12Br4.C10H16.CH4/c11-7-1-8(12)4-9(13,2-7)6-10(14,3-7)5-8;1-7-2-9-4-8(1)5-10(3-7)6-9;/h1-6H2;7-10H,1-6H2;1H4. The van der Waals surface area contributed by atoms with Crippen LogP contribution >= 0.6 is 63.7 Å². The van der Waals surface area contributed by atoms with Crippen LogP contribution in [-0.4, -0.2) is 17.3 Å². The quantitative estimate of drug-likeness (QED) is 0.244. The van der Waals surface area contributed by atoms with Crippen LogP contribution in [0, 0.1) is 23.7 Å². The monoisotopic (exact) mass is 600 g/mol. The van der Waals surface area contributed by atoms with Crippen LogP contribution in [0.15, 0.2) is 0 Å². The summed E-state index contributed by atoms with van der Waals surface area (Å²) in [6, 6.07) is 0. The Bertz CT molecular complexity index is 392. The molecule has 8 rings (SSSR count). The maximum atomic E-state index is 3.97. The van der Waals surface area contributed by atoms with Gasteiger partial charge in [0.15, 0.2) is 0 Å². The topological polar surface area (TPSA) is 0 Å². The van der Waals surface area contributed by atoms with E-state index in [1.165, 1.54) is 62.2 Å². The predicted octanol–water partition coefficient (Wildman–Crippen LogP) is 8.37. The number of hydrogen-bond acceptors (Lipinski definition) is 0. The molecule has 0 nitrogen and oxygen atoms in total. The third-order valence-electron chi connectivity index (χ3n) is 7.80. The Balaban J connectivity index is 0.000000126. The van der Waals surface area contributed by atoms with Gasteiger partial charge in [0.25, 0.3) is 0 Å². The van der Waals surface area contributed by atoms with Crippen molar-refractivity contribution in [2.45, 2.75) is 102 Å². The second-order valence-corrected chi connectivity index (χ2v) is 17.3. The summed E-state index contributed by atoms with van der Waals surface area (Å²) < 4.78 is 1.44. The van der Waals surface area contributed by atoms with Crippen LogP contribution in [-0.2, 0) is 0 Å². The molecule has 8 bridgehead atoms. The molecule has 144 valence electrons. The minimum Gasteiger partial charge on any atom is -0.0852 e. The Morgan fingerprint density at radius 2 is 0.560 bits per heavy atom. The van der Waals surface area contributed by atoms with Gasteiger partial charge in [0, 0.05) is 17.3 Å². The molecule has 0 amide bonds. The van der Waals surface area contributed by atoms with Gasteiger partial charge in [0.05, 0.1) is 0 Å². The zero-order valence-corrected chi connectivity index (χ0v) is 20.7. The molecule has 0 spiro atoms. The first-order chi connectivity index (χ1) is 11.1. The van der Waals surface area contributed by atoms with Crippen molar-refractivity contribution in [3.8, 4) is 0 Å². The molecule has 0 aromatic carbocycles. The molecule has 0 atom stereocenters. The van der Waals surface area contributed by atoms with Crippen molar-refractivity contribution in [3.05, 3.63) is 0 Å². The Kier molecular flexibility index (Phi) is 5.22. The lowest BCUT2D eigenvalue weighted by Crippen LogP contribution is -2.64. The molecule has 0 unspecified atom stereocenters. The molecule has 4 heteroatoms. The fourth-order valence-electron chi connectivity index (χ4n) is 8.14. The van der Waals surface area contributed by atoms with Crippen LogP contribution in [0.25, 0.3) is 0 Å². The summed E-state index contributed by atoms with van der Waals surface area (Å²) in [7, 11) is 0. The van der Waals surface area contributed by atoms with Crippen molar-refractivity contribution in [2.75, 3.05) is 0 Å². The second-order valence-electron chi connectivity index (χ2n) is 10.5. The molecule has 8 aliphatic carbocycles. The molecule has 0 radical (unpaired) electrons. The summed E-state index contributed by atoms with van der Waals surface area (Å²) in [5, 5.41) is 0. The van der Waals surface area contributed by atoms with E-state index in [0.717, 1.165) is 0 Å². The number of halogens is 4. The molecule has 0 aromatic rings. The number of rotatable bonds is 0. The molecule has 0 N–H and O–H groups in total. The van der Waals surface area contributed by atoms with E-state index in [1.54, 1.807) is 38.5 Å². The molecular formula is C21H32Br4. The highest BCUT2D eigenvalue weighted by molar-refractivity contribution is 9.11. The van der Waals surface area contributed by atoms with Gasteiger partial charge in [0.2, 0.25) is 0 Å². The SMILES string of the molecule is BrC12CC3(Br)CC(Br)(C1)CC(Br)(C2)C3.C.C1C2CC3CC1CC(C2)C3. The van der Waals surface area contributed by atoms with Gasteiger partial charge in [-0.25, -0.2) is 0 Å². The van der Waals surface area contributed by atoms with Gasteiger partial charge in [-0.05, 0) is 101 Å². The average molecular weight is 604 g/mol. The first kappa shape index (κ1) is 20.2. The molecule has 8 aliphatic rings. The van der Waals surface area contributed by atoms with Crippen molar-refractivity contribution in [1.82, 2.24) is 0 Å². The normalized spacial score (nSPS) is 60.0. The van der Waals surface area contributed by atoms with Gasteiger partial charge < -0.3 is 0 Å². The van der Waals surface area contributed by atoms with Crippen molar-refractivity contribution >= 4 is 63.7 Å². The molecule has 0 aromatic heterocycles. The zero-order valence-electron chi connectivity index (χ0n) is 14.3. The number of alkyl halides is 4. The molecule has 0 saturated heterocycles. The van der Waals surface area contributed by atoms with E-state index in [4.69, 9.17) is 0 Å². The summed E-state index contributed by atoms with van der Waals surface area (Å²) in [6.45, 7) is 0.